The van der Waals surface area contributed by atoms with Crippen molar-refractivity contribution in [2.24, 2.45) is 0 Å². The highest BCUT2D eigenvalue weighted by Crippen LogP contribution is 2.50. The number of ether oxygens (including phenoxy) is 1. The number of carbonyl (C=O) groups excluding carboxylic acids is 2. The number of carbonyl (C=O) groups is 2. The lowest BCUT2D eigenvalue weighted by atomic mass is 9.89. The van der Waals surface area contributed by atoms with Crippen molar-refractivity contribution in [1.82, 2.24) is 0 Å². The molecule has 2 aliphatic carbocycles. The highest BCUT2D eigenvalue weighted by Gasteiger charge is 2.38. The molecular formula is C52H34O3. The number of rotatable bonds is 9. The summed E-state index contributed by atoms with van der Waals surface area (Å²) in [7, 11) is 0. The number of allylic oxidation sites excluding steroid dienone is 7. The summed E-state index contributed by atoms with van der Waals surface area (Å²) in [5, 5.41) is 0. The van der Waals surface area contributed by atoms with Gasteiger partial charge in [0.05, 0.1) is 5.57 Å². The zero-order chi connectivity index (χ0) is 37.1. The number of ketones is 2. The SMILES string of the molecule is O=C1C(c2ccccc2)=C(Oc2ccc(C3=C(c4ccccc4)C(=O)C(c4ccccc4)=C3c3ccccc3)cc2)C(c2ccccc2)=C1c1ccccc1. The molecule has 55 heavy (non-hydrogen) atoms. The van der Waals surface area contributed by atoms with Crippen molar-refractivity contribution >= 4 is 50.6 Å². The maximum atomic E-state index is 14.7. The van der Waals surface area contributed by atoms with E-state index in [2.05, 4.69) is 12.1 Å². The second kappa shape index (κ2) is 14.6. The van der Waals surface area contributed by atoms with Gasteiger partial charge in [-0.2, -0.15) is 0 Å². The first-order chi connectivity index (χ1) is 27.2. The van der Waals surface area contributed by atoms with Crippen LogP contribution >= 0.6 is 0 Å². The highest BCUT2D eigenvalue weighted by atomic mass is 16.5. The molecule has 0 heterocycles. The van der Waals surface area contributed by atoms with Crippen molar-refractivity contribution in [2.75, 3.05) is 0 Å². The summed E-state index contributed by atoms with van der Waals surface area (Å²) in [6.45, 7) is 0. The molecule has 0 aliphatic heterocycles. The minimum Gasteiger partial charge on any atom is -0.456 e. The lowest BCUT2D eigenvalue weighted by molar-refractivity contribution is -0.109. The van der Waals surface area contributed by atoms with Gasteiger partial charge in [0.1, 0.15) is 11.5 Å². The van der Waals surface area contributed by atoms with Crippen molar-refractivity contribution in [3.63, 3.8) is 0 Å². The third kappa shape index (κ3) is 6.18. The van der Waals surface area contributed by atoms with Gasteiger partial charge in [0.2, 0.25) is 0 Å². The van der Waals surface area contributed by atoms with E-state index in [4.69, 9.17) is 4.74 Å². The highest BCUT2D eigenvalue weighted by molar-refractivity contribution is 6.59. The predicted molar refractivity (Wildman–Crippen MR) is 223 cm³/mol. The summed E-state index contributed by atoms with van der Waals surface area (Å²) in [6.07, 6.45) is 0. The second-order valence-electron chi connectivity index (χ2n) is 13.4. The molecule has 0 amide bonds. The topological polar surface area (TPSA) is 43.4 Å². The maximum absolute atomic E-state index is 14.7. The molecular weight excluding hydrogens is 673 g/mol. The molecule has 0 atom stereocenters. The largest absolute Gasteiger partial charge is 0.456 e. The quantitative estimate of drug-likeness (QED) is 0.150. The molecule has 7 aromatic carbocycles. The Morgan fingerprint density at radius 1 is 0.236 bits per heavy atom. The Bertz CT molecular complexity index is 2670. The van der Waals surface area contributed by atoms with Crippen LogP contribution in [-0.4, -0.2) is 11.6 Å². The van der Waals surface area contributed by atoms with Crippen LogP contribution in [0.2, 0.25) is 0 Å². The van der Waals surface area contributed by atoms with Crippen LogP contribution in [0.25, 0.3) is 39.0 Å². The van der Waals surface area contributed by atoms with Crippen molar-refractivity contribution in [3.05, 3.63) is 251 Å². The average Bonchev–Trinajstić information content (AvgIpc) is 3.73. The van der Waals surface area contributed by atoms with E-state index in [0.29, 0.717) is 33.8 Å². The molecule has 0 spiro atoms. The standard InChI is InChI=1S/C52H34O3/c53-50-45(36-21-9-2-10-22-36)43(35-19-7-1-8-20-35)44(46(50)37-23-11-3-12-24-37)41-31-33-42(34-32-41)55-52-48(39-27-15-5-16-28-39)47(38-25-13-4-14-26-38)51(54)49(52)40-29-17-6-18-30-40/h1-34H. The summed E-state index contributed by atoms with van der Waals surface area (Å²) in [4.78, 5) is 29.3. The molecule has 0 bridgehead atoms. The molecule has 2 aliphatic rings. The summed E-state index contributed by atoms with van der Waals surface area (Å²) in [5.74, 6) is 0.976. The fourth-order valence-electron chi connectivity index (χ4n) is 7.66. The Labute approximate surface area is 320 Å². The number of hydrogen-bond donors (Lipinski definition) is 0. The van der Waals surface area contributed by atoms with Crippen LogP contribution in [0, 0.1) is 0 Å². The van der Waals surface area contributed by atoms with Gasteiger partial charge in [-0.05, 0) is 51.1 Å². The second-order valence-corrected chi connectivity index (χ2v) is 13.4. The molecule has 0 radical (unpaired) electrons. The van der Waals surface area contributed by atoms with E-state index in [9.17, 15) is 9.59 Å². The molecule has 0 fully saturated rings. The first-order valence-corrected chi connectivity index (χ1v) is 18.4. The van der Waals surface area contributed by atoms with Crippen LogP contribution in [0.3, 0.4) is 0 Å². The van der Waals surface area contributed by atoms with E-state index in [1.165, 1.54) is 0 Å². The lowest BCUT2D eigenvalue weighted by Gasteiger charge is -2.16. The fourth-order valence-corrected chi connectivity index (χ4v) is 7.66. The van der Waals surface area contributed by atoms with Crippen LogP contribution < -0.4 is 4.74 Å². The summed E-state index contributed by atoms with van der Waals surface area (Å²) < 4.78 is 6.89. The Morgan fingerprint density at radius 3 is 0.855 bits per heavy atom. The smallest absolute Gasteiger partial charge is 0.198 e. The average molecular weight is 707 g/mol. The summed E-state index contributed by atoms with van der Waals surface area (Å²) in [5.41, 5.74) is 11.0. The first kappa shape index (κ1) is 33.5. The van der Waals surface area contributed by atoms with Crippen molar-refractivity contribution in [2.45, 2.75) is 0 Å². The Balaban J connectivity index is 1.21. The third-order valence-corrected chi connectivity index (χ3v) is 10.1. The molecule has 260 valence electrons. The number of Topliss-reactive ketones (excluding diaryl/α,β-unsaturated/α-hetero) is 2. The van der Waals surface area contributed by atoms with Crippen molar-refractivity contribution in [3.8, 4) is 5.75 Å². The lowest BCUT2D eigenvalue weighted by Crippen LogP contribution is -2.03. The van der Waals surface area contributed by atoms with E-state index in [1.54, 1.807) is 0 Å². The van der Waals surface area contributed by atoms with Gasteiger partial charge >= 0.3 is 0 Å². The third-order valence-electron chi connectivity index (χ3n) is 10.1. The number of hydrogen-bond acceptors (Lipinski definition) is 3. The van der Waals surface area contributed by atoms with Gasteiger partial charge < -0.3 is 4.74 Å². The van der Waals surface area contributed by atoms with Gasteiger partial charge in [0.15, 0.2) is 11.6 Å². The molecule has 0 saturated carbocycles. The zero-order valence-corrected chi connectivity index (χ0v) is 29.9. The first-order valence-electron chi connectivity index (χ1n) is 18.4. The molecule has 3 heteroatoms. The fraction of sp³-hybridized carbons (Fsp3) is 0. The molecule has 9 rings (SSSR count). The van der Waals surface area contributed by atoms with Gasteiger partial charge in [-0.1, -0.05) is 194 Å². The molecule has 0 saturated heterocycles. The normalized spacial score (nSPS) is 14.3. The molecule has 0 N–H and O–H groups in total. The van der Waals surface area contributed by atoms with Gasteiger partial charge in [0, 0.05) is 33.4 Å². The molecule has 0 unspecified atom stereocenters. The monoisotopic (exact) mass is 706 g/mol. The van der Waals surface area contributed by atoms with E-state index >= 15 is 0 Å². The van der Waals surface area contributed by atoms with Gasteiger partial charge in [-0.15, -0.1) is 0 Å². The Hall–Kier alpha value is -7.36. The van der Waals surface area contributed by atoms with E-state index in [-0.39, 0.29) is 11.6 Å². The molecule has 3 nitrogen and oxygen atoms in total. The zero-order valence-electron chi connectivity index (χ0n) is 29.9. The van der Waals surface area contributed by atoms with Gasteiger partial charge in [-0.25, -0.2) is 0 Å². The molecule has 0 aromatic heterocycles. The Kier molecular flexibility index (Phi) is 8.87. The number of benzene rings is 7. The minimum atomic E-state index is -0.0870. The van der Waals surface area contributed by atoms with E-state index < -0.39 is 0 Å². The van der Waals surface area contributed by atoms with Gasteiger partial charge in [-0.3, -0.25) is 9.59 Å². The van der Waals surface area contributed by atoms with Gasteiger partial charge in [0.25, 0.3) is 0 Å². The van der Waals surface area contributed by atoms with Crippen molar-refractivity contribution in [1.29, 1.82) is 0 Å². The van der Waals surface area contributed by atoms with Crippen LogP contribution in [0.1, 0.15) is 38.9 Å². The van der Waals surface area contributed by atoms with Crippen LogP contribution in [0.5, 0.6) is 5.75 Å². The molecule has 7 aromatic rings. The van der Waals surface area contributed by atoms with Crippen LogP contribution in [-0.2, 0) is 9.59 Å². The maximum Gasteiger partial charge on any atom is 0.198 e. The van der Waals surface area contributed by atoms with Crippen LogP contribution in [0.15, 0.2) is 212 Å². The summed E-state index contributed by atoms with van der Waals surface area (Å²) >= 11 is 0. The predicted octanol–water partition coefficient (Wildman–Crippen LogP) is 11.8. The summed E-state index contributed by atoms with van der Waals surface area (Å²) in [6, 6.07) is 67.3. The van der Waals surface area contributed by atoms with Crippen molar-refractivity contribution < 1.29 is 14.3 Å². The van der Waals surface area contributed by atoms with Crippen LogP contribution in [0.4, 0.5) is 0 Å². The Morgan fingerprint density at radius 2 is 0.491 bits per heavy atom. The van der Waals surface area contributed by atoms with E-state index in [0.717, 1.165) is 55.7 Å². The minimum absolute atomic E-state index is 0.0141. The van der Waals surface area contributed by atoms with E-state index in [1.807, 2.05) is 194 Å².